The lowest BCUT2D eigenvalue weighted by molar-refractivity contribution is -0.114. The van der Waals surface area contributed by atoms with E-state index >= 15 is 0 Å². The monoisotopic (exact) mass is 457 g/mol. The molecule has 34 heavy (non-hydrogen) atoms. The topological polar surface area (TPSA) is 80.6 Å². The number of anilines is 1. The smallest absolute Gasteiger partial charge is 0.253 e. The van der Waals surface area contributed by atoms with Crippen molar-refractivity contribution in [1.29, 1.82) is 0 Å². The maximum absolute atomic E-state index is 13.3. The van der Waals surface area contributed by atoms with Crippen LogP contribution in [0.4, 0.5) is 5.69 Å². The number of methoxy groups -OCH3 is 1. The van der Waals surface area contributed by atoms with Crippen LogP contribution in [0.1, 0.15) is 35.3 Å². The van der Waals surface area contributed by atoms with Gasteiger partial charge in [-0.05, 0) is 60.4 Å². The van der Waals surface area contributed by atoms with Crippen LogP contribution in [0.3, 0.4) is 0 Å². The normalized spacial score (nSPS) is 18.7. The Labute approximate surface area is 198 Å². The number of likely N-dealkylation sites (tertiary alicyclic amines) is 1. The van der Waals surface area contributed by atoms with Crippen molar-refractivity contribution in [2.24, 2.45) is 5.92 Å². The predicted molar refractivity (Wildman–Crippen MR) is 130 cm³/mol. The third-order valence-corrected chi connectivity index (χ3v) is 6.73. The average molecular weight is 458 g/mol. The van der Waals surface area contributed by atoms with Gasteiger partial charge in [0, 0.05) is 61.1 Å². The molecule has 0 aliphatic carbocycles. The van der Waals surface area contributed by atoms with E-state index in [1.54, 1.807) is 37.4 Å². The minimum Gasteiger partial charge on any atom is -0.497 e. The van der Waals surface area contributed by atoms with E-state index in [-0.39, 0.29) is 29.2 Å². The number of hydrogen-bond acceptors (Lipinski definition) is 4. The highest BCUT2D eigenvalue weighted by Crippen LogP contribution is 2.40. The third-order valence-electron chi connectivity index (χ3n) is 6.73. The second-order valence-electron chi connectivity index (χ2n) is 9.08. The molecule has 0 saturated carbocycles. The Kier molecular flexibility index (Phi) is 5.69. The van der Waals surface area contributed by atoms with Crippen LogP contribution in [0.5, 0.6) is 5.75 Å². The number of aromatic nitrogens is 1. The second kappa shape index (κ2) is 8.82. The van der Waals surface area contributed by atoms with Gasteiger partial charge in [0.1, 0.15) is 5.75 Å². The Morgan fingerprint density at radius 1 is 0.941 bits per heavy atom. The number of carbonyl (C=O) groups is 2. The van der Waals surface area contributed by atoms with Crippen molar-refractivity contribution in [3.8, 4) is 16.9 Å². The fraction of sp³-hybridized carbons (Fsp3) is 0.296. The first kappa shape index (κ1) is 21.9. The summed E-state index contributed by atoms with van der Waals surface area (Å²) in [5.41, 5.74) is 4.33. The van der Waals surface area contributed by atoms with E-state index in [0.717, 1.165) is 34.7 Å². The fourth-order valence-corrected chi connectivity index (χ4v) is 5.28. The molecule has 2 aromatic carbocycles. The summed E-state index contributed by atoms with van der Waals surface area (Å²) >= 11 is 0. The molecule has 2 amide bonds. The lowest BCUT2D eigenvalue weighted by atomic mass is 9.80. The molecular weight excluding hydrogens is 430 g/mol. The zero-order valence-electron chi connectivity index (χ0n) is 19.3. The maximum atomic E-state index is 13.3. The van der Waals surface area contributed by atoms with Crippen molar-refractivity contribution < 1.29 is 14.3 Å². The molecule has 1 saturated heterocycles. The molecule has 0 radical (unpaired) electrons. The summed E-state index contributed by atoms with van der Waals surface area (Å²) in [7, 11) is 1.60. The largest absolute Gasteiger partial charge is 0.497 e. The molecule has 5 rings (SSSR count). The van der Waals surface area contributed by atoms with E-state index in [2.05, 4.69) is 5.32 Å². The van der Waals surface area contributed by atoms with Gasteiger partial charge in [0.15, 0.2) is 0 Å². The molecule has 1 N–H and O–H groups in total. The first-order valence-corrected chi connectivity index (χ1v) is 11.5. The van der Waals surface area contributed by atoms with E-state index in [9.17, 15) is 14.4 Å². The number of piperidine rings is 1. The Hall–Kier alpha value is -3.87. The van der Waals surface area contributed by atoms with Crippen LogP contribution in [0.2, 0.25) is 0 Å². The molecule has 174 valence electrons. The Morgan fingerprint density at radius 3 is 2.35 bits per heavy atom. The zero-order valence-corrected chi connectivity index (χ0v) is 19.3. The number of benzene rings is 2. The first-order valence-electron chi connectivity index (χ1n) is 11.5. The number of amides is 2. The third kappa shape index (κ3) is 4.09. The highest BCUT2D eigenvalue weighted by Gasteiger charge is 2.38. The van der Waals surface area contributed by atoms with Crippen molar-refractivity contribution in [3.05, 3.63) is 82.3 Å². The average Bonchev–Trinajstić information content (AvgIpc) is 2.84. The Balaban J connectivity index is 1.47. The standard InChI is InChI=1S/C27H27N3O4/c1-17(31)28-22-7-3-19(4-8-22)24-11-12-25(32)30-15-18-13-21(26(24)30)16-29(14-18)27(33)20-5-9-23(34-2)10-6-20/h3-12,18,21H,13-16H2,1-2H3,(H,28,31)/t18-,21-/m0/s1. The first-order chi connectivity index (χ1) is 16.4. The Bertz CT molecular complexity index is 1290. The summed E-state index contributed by atoms with van der Waals surface area (Å²) in [6.45, 7) is 3.30. The fourth-order valence-electron chi connectivity index (χ4n) is 5.28. The molecule has 2 bridgehead atoms. The number of rotatable bonds is 4. The lowest BCUT2D eigenvalue weighted by Gasteiger charge is -2.43. The number of ether oxygens (including phenoxy) is 1. The second-order valence-corrected chi connectivity index (χ2v) is 9.08. The minimum absolute atomic E-state index is 0.00162. The van der Waals surface area contributed by atoms with E-state index in [1.807, 2.05) is 39.8 Å². The van der Waals surface area contributed by atoms with Gasteiger partial charge >= 0.3 is 0 Å². The number of hydrogen-bond donors (Lipinski definition) is 1. The van der Waals surface area contributed by atoms with Gasteiger partial charge in [0.05, 0.1) is 7.11 Å². The van der Waals surface area contributed by atoms with Crippen molar-refractivity contribution >= 4 is 17.5 Å². The molecule has 1 aromatic heterocycles. The van der Waals surface area contributed by atoms with Crippen LogP contribution in [-0.2, 0) is 11.3 Å². The van der Waals surface area contributed by atoms with E-state index in [4.69, 9.17) is 4.74 Å². The summed E-state index contributed by atoms with van der Waals surface area (Å²) in [5, 5.41) is 2.78. The van der Waals surface area contributed by atoms with Crippen molar-refractivity contribution in [2.75, 3.05) is 25.5 Å². The quantitative estimate of drug-likeness (QED) is 0.647. The van der Waals surface area contributed by atoms with Crippen LogP contribution in [-0.4, -0.2) is 41.5 Å². The van der Waals surface area contributed by atoms with Crippen LogP contribution in [0.25, 0.3) is 11.1 Å². The lowest BCUT2D eigenvalue weighted by Crippen LogP contribution is -2.49. The van der Waals surface area contributed by atoms with Gasteiger partial charge in [0.25, 0.3) is 11.5 Å². The van der Waals surface area contributed by atoms with Gasteiger partial charge in [-0.25, -0.2) is 0 Å². The van der Waals surface area contributed by atoms with Gasteiger partial charge in [-0.15, -0.1) is 0 Å². The minimum atomic E-state index is -0.119. The summed E-state index contributed by atoms with van der Waals surface area (Å²) in [4.78, 5) is 39.3. The molecule has 7 nitrogen and oxygen atoms in total. The van der Waals surface area contributed by atoms with E-state index in [1.165, 1.54) is 6.92 Å². The van der Waals surface area contributed by atoms with Crippen LogP contribution < -0.4 is 15.6 Å². The molecule has 0 unspecified atom stereocenters. The summed E-state index contributed by atoms with van der Waals surface area (Å²) < 4.78 is 7.10. The summed E-state index contributed by atoms with van der Waals surface area (Å²) in [5.74, 6) is 0.920. The summed E-state index contributed by atoms with van der Waals surface area (Å²) in [6.07, 6.45) is 0.951. The SMILES string of the molecule is COc1ccc(C(=O)N2C[C@@H]3C[C@@H](C2)c2c(-c4ccc(NC(C)=O)cc4)ccc(=O)n2C3)cc1. The number of fused-ring (bicyclic) bond motifs is 4. The van der Waals surface area contributed by atoms with Crippen LogP contribution in [0, 0.1) is 5.92 Å². The van der Waals surface area contributed by atoms with E-state index in [0.29, 0.717) is 25.2 Å². The van der Waals surface area contributed by atoms with Crippen molar-refractivity contribution in [1.82, 2.24) is 9.47 Å². The van der Waals surface area contributed by atoms with Gasteiger partial charge in [0.2, 0.25) is 5.91 Å². The molecule has 2 aliphatic rings. The van der Waals surface area contributed by atoms with Gasteiger partial charge in [-0.3, -0.25) is 14.4 Å². The van der Waals surface area contributed by atoms with Crippen molar-refractivity contribution in [3.63, 3.8) is 0 Å². The zero-order chi connectivity index (χ0) is 23.8. The number of pyridine rings is 1. The number of nitrogens with one attached hydrogen (secondary N) is 1. The number of nitrogens with zero attached hydrogens (tertiary/aromatic N) is 2. The molecule has 0 spiro atoms. The van der Waals surface area contributed by atoms with E-state index < -0.39 is 0 Å². The van der Waals surface area contributed by atoms with Gasteiger partial charge < -0.3 is 19.5 Å². The number of carbonyl (C=O) groups excluding carboxylic acids is 2. The Morgan fingerprint density at radius 2 is 1.68 bits per heavy atom. The molecule has 3 heterocycles. The molecule has 2 aliphatic heterocycles. The molecule has 1 fully saturated rings. The van der Waals surface area contributed by atoms with Gasteiger partial charge in [-0.1, -0.05) is 12.1 Å². The molecule has 7 heteroatoms. The molecule has 3 aromatic rings. The van der Waals surface area contributed by atoms with Crippen LogP contribution in [0.15, 0.2) is 65.5 Å². The highest BCUT2D eigenvalue weighted by atomic mass is 16.5. The summed E-state index contributed by atoms with van der Waals surface area (Å²) in [6, 6.07) is 18.4. The van der Waals surface area contributed by atoms with Crippen molar-refractivity contribution in [2.45, 2.75) is 25.8 Å². The van der Waals surface area contributed by atoms with Gasteiger partial charge in [-0.2, -0.15) is 0 Å². The molecule has 2 atom stereocenters. The van der Waals surface area contributed by atoms with Crippen LogP contribution >= 0.6 is 0 Å². The molecular formula is C27H27N3O4. The maximum Gasteiger partial charge on any atom is 0.253 e. The highest BCUT2D eigenvalue weighted by molar-refractivity contribution is 5.94. The predicted octanol–water partition coefficient (Wildman–Crippen LogP) is 3.74.